The summed E-state index contributed by atoms with van der Waals surface area (Å²) >= 11 is 0. The third-order valence-electron chi connectivity index (χ3n) is 4.66. The zero-order valence-corrected chi connectivity index (χ0v) is 17.3. The highest BCUT2D eigenvalue weighted by Gasteiger charge is 2.61. The standard InChI is InChI=1S/C18H19NO9P2/c20-16-14-9-4-5-10-15(14)17(21)19(16)12-6-11-18(22,29(23,24)25)30(26,27)28-13-7-2-1-3-8-13/h1-5,7-10,22H,6,11-12H2,(H,26,27)(H2,23,24,25). The van der Waals surface area contributed by atoms with Crippen molar-refractivity contribution in [1.82, 2.24) is 4.90 Å². The van der Waals surface area contributed by atoms with E-state index < -0.39 is 38.5 Å². The minimum absolute atomic E-state index is 0.171. The molecule has 10 nitrogen and oxygen atoms in total. The van der Waals surface area contributed by atoms with E-state index in [1.54, 1.807) is 18.2 Å². The van der Waals surface area contributed by atoms with Gasteiger partial charge in [0, 0.05) is 13.0 Å². The van der Waals surface area contributed by atoms with Crippen LogP contribution >= 0.6 is 15.2 Å². The number of fused-ring (bicyclic) bond motifs is 1. The molecule has 0 spiro atoms. The molecule has 0 aromatic heterocycles. The zero-order valence-electron chi connectivity index (χ0n) is 15.5. The number of rotatable bonds is 8. The van der Waals surface area contributed by atoms with Crippen LogP contribution < -0.4 is 4.52 Å². The number of hydrogen-bond donors (Lipinski definition) is 4. The van der Waals surface area contributed by atoms with Crippen molar-refractivity contribution in [3.8, 4) is 5.75 Å². The molecule has 12 heteroatoms. The van der Waals surface area contributed by atoms with Crippen molar-refractivity contribution < 1.29 is 43.0 Å². The van der Waals surface area contributed by atoms with Gasteiger partial charge in [0.15, 0.2) is 0 Å². The van der Waals surface area contributed by atoms with Crippen molar-refractivity contribution in [3.63, 3.8) is 0 Å². The number of benzene rings is 2. The lowest BCUT2D eigenvalue weighted by atomic mass is 10.1. The Kier molecular flexibility index (Phi) is 6.02. The van der Waals surface area contributed by atoms with Gasteiger partial charge in [-0.2, -0.15) is 0 Å². The summed E-state index contributed by atoms with van der Waals surface area (Å²) in [6.45, 7) is -0.319. The van der Waals surface area contributed by atoms with Gasteiger partial charge in [-0.15, -0.1) is 0 Å². The lowest BCUT2D eigenvalue weighted by molar-refractivity contribution is 0.0639. The molecule has 2 amide bonds. The molecule has 2 aromatic carbocycles. The molecule has 4 N–H and O–H groups in total. The number of carbonyl (C=O) groups excluding carboxylic acids is 2. The molecule has 0 fully saturated rings. The van der Waals surface area contributed by atoms with Gasteiger partial charge in [0.25, 0.3) is 16.9 Å². The van der Waals surface area contributed by atoms with Crippen molar-refractivity contribution in [2.75, 3.05) is 6.54 Å². The second-order valence-electron chi connectivity index (χ2n) is 6.65. The van der Waals surface area contributed by atoms with E-state index in [-0.39, 0.29) is 29.8 Å². The Labute approximate surface area is 171 Å². The SMILES string of the molecule is O=C1c2ccccc2C(=O)N1CCCC(O)(P(=O)(O)O)P(=O)(O)Oc1ccccc1. The number of amides is 2. The third-order valence-corrected chi connectivity index (χ3v) is 8.95. The Hall–Kier alpha value is -2.32. The molecule has 0 aliphatic carbocycles. The molecule has 2 unspecified atom stereocenters. The molecule has 2 atom stereocenters. The fraction of sp³-hybridized carbons (Fsp3) is 0.222. The zero-order chi connectivity index (χ0) is 22.2. The quantitative estimate of drug-likeness (QED) is 0.345. The van der Waals surface area contributed by atoms with Crippen LogP contribution in [-0.2, 0) is 9.13 Å². The van der Waals surface area contributed by atoms with Crippen molar-refractivity contribution in [2.24, 2.45) is 0 Å². The summed E-state index contributed by atoms with van der Waals surface area (Å²) in [5.41, 5.74) is 0.376. The Bertz CT molecular complexity index is 1030. The number of aliphatic hydroxyl groups is 1. The van der Waals surface area contributed by atoms with Crippen LogP contribution in [0.25, 0.3) is 0 Å². The number of carbonyl (C=O) groups is 2. The molecule has 3 rings (SSSR count). The van der Waals surface area contributed by atoms with Gasteiger partial charge in [0.2, 0.25) is 0 Å². The molecule has 1 aliphatic rings. The van der Waals surface area contributed by atoms with Crippen molar-refractivity contribution in [1.29, 1.82) is 0 Å². The first-order valence-electron chi connectivity index (χ1n) is 8.79. The Morgan fingerprint density at radius 2 is 1.37 bits per heavy atom. The Balaban J connectivity index is 1.76. The summed E-state index contributed by atoms with van der Waals surface area (Å²) in [6.07, 6.45) is -1.25. The number of para-hydroxylation sites is 1. The van der Waals surface area contributed by atoms with E-state index in [2.05, 4.69) is 0 Å². The van der Waals surface area contributed by atoms with Gasteiger partial charge in [-0.3, -0.25) is 19.1 Å². The van der Waals surface area contributed by atoms with Crippen LogP contribution in [0.5, 0.6) is 5.75 Å². The molecule has 0 radical (unpaired) electrons. The van der Waals surface area contributed by atoms with Crippen LogP contribution in [0, 0.1) is 0 Å². The molecule has 2 aromatic rings. The number of hydrogen-bond acceptors (Lipinski definition) is 6. The highest BCUT2D eigenvalue weighted by Crippen LogP contribution is 2.71. The summed E-state index contributed by atoms with van der Waals surface area (Å²) in [6, 6.07) is 13.2. The molecule has 0 bridgehead atoms. The van der Waals surface area contributed by atoms with Crippen molar-refractivity contribution >= 4 is 27.0 Å². The maximum Gasteiger partial charge on any atom is 0.420 e. The number of nitrogens with zero attached hydrogens (tertiary/aromatic N) is 1. The largest absolute Gasteiger partial charge is 0.422 e. The number of imide groups is 1. The van der Waals surface area contributed by atoms with E-state index in [9.17, 15) is 38.5 Å². The molecule has 30 heavy (non-hydrogen) atoms. The monoisotopic (exact) mass is 455 g/mol. The Morgan fingerprint density at radius 1 is 0.867 bits per heavy atom. The molecule has 1 aliphatic heterocycles. The van der Waals surface area contributed by atoms with E-state index in [0.717, 1.165) is 4.90 Å². The average molecular weight is 455 g/mol. The van der Waals surface area contributed by atoms with E-state index in [4.69, 9.17) is 4.52 Å². The molecule has 0 saturated carbocycles. The first-order valence-corrected chi connectivity index (χ1v) is 12.0. The fourth-order valence-electron chi connectivity index (χ4n) is 3.07. The van der Waals surface area contributed by atoms with Gasteiger partial charge in [-0.1, -0.05) is 30.3 Å². The summed E-state index contributed by atoms with van der Waals surface area (Å²) < 4.78 is 29.4. The Morgan fingerprint density at radius 3 is 1.87 bits per heavy atom. The molecule has 0 saturated heterocycles. The molecular weight excluding hydrogens is 436 g/mol. The summed E-state index contributed by atoms with van der Waals surface area (Å²) in [7, 11) is -10.9. The van der Waals surface area contributed by atoms with Gasteiger partial charge < -0.3 is 24.3 Å². The highest BCUT2D eigenvalue weighted by atomic mass is 31.2. The van der Waals surface area contributed by atoms with Gasteiger partial charge in [0.05, 0.1) is 11.1 Å². The second-order valence-corrected chi connectivity index (χ2v) is 10.8. The normalized spacial score (nSPS) is 17.9. The first-order chi connectivity index (χ1) is 14.0. The predicted octanol–water partition coefficient (Wildman–Crippen LogP) is 2.15. The van der Waals surface area contributed by atoms with Crippen molar-refractivity contribution in [2.45, 2.75) is 17.9 Å². The van der Waals surface area contributed by atoms with Crippen molar-refractivity contribution in [3.05, 3.63) is 65.7 Å². The van der Waals surface area contributed by atoms with E-state index in [1.165, 1.54) is 36.4 Å². The van der Waals surface area contributed by atoms with Gasteiger partial charge >= 0.3 is 15.2 Å². The lowest BCUT2D eigenvalue weighted by Crippen LogP contribution is -2.35. The summed E-state index contributed by atoms with van der Waals surface area (Å²) in [5, 5.41) is 7.10. The fourth-order valence-corrected chi connectivity index (χ4v) is 5.95. The van der Waals surface area contributed by atoms with E-state index >= 15 is 0 Å². The highest BCUT2D eigenvalue weighted by molar-refractivity contribution is 7.72. The predicted molar refractivity (Wildman–Crippen MR) is 105 cm³/mol. The summed E-state index contributed by atoms with van der Waals surface area (Å²) in [4.78, 5) is 55.0. The van der Waals surface area contributed by atoms with Crippen LogP contribution in [0.3, 0.4) is 0 Å². The van der Waals surface area contributed by atoms with Crippen LogP contribution in [0.15, 0.2) is 54.6 Å². The van der Waals surface area contributed by atoms with Crippen LogP contribution in [0.4, 0.5) is 0 Å². The molecular formula is C18H19NO9P2. The van der Waals surface area contributed by atoms with Gasteiger partial charge in [-0.25, -0.2) is 4.57 Å². The van der Waals surface area contributed by atoms with Crippen LogP contribution in [-0.4, -0.2) is 48.1 Å². The third kappa shape index (κ3) is 3.98. The maximum absolute atomic E-state index is 12.6. The topological polar surface area (TPSA) is 162 Å². The van der Waals surface area contributed by atoms with E-state index in [0.29, 0.717) is 0 Å². The maximum atomic E-state index is 12.6. The first kappa shape index (κ1) is 22.4. The second kappa shape index (κ2) is 8.07. The molecule has 1 heterocycles. The lowest BCUT2D eigenvalue weighted by Gasteiger charge is -2.32. The van der Waals surface area contributed by atoms with Gasteiger partial charge in [0.1, 0.15) is 5.75 Å². The summed E-state index contributed by atoms with van der Waals surface area (Å²) in [5.74, 6) is -1.36. The van der Waals surface area contributed by atoms with E-state index in [1.807, 2.05) is 0 Å². The smallest absolute Gasteiger partial charge is 0.420 e. The van der Waals surface area contributed by atoms with Gasteiger partial charge in [-0.05, 0) is 30.7 Å². The van der Waals surface area contributed by atoms with Crippen LogP contribution in [0.2, 0.25) is 0 Å². The minimum Gasteiger partial charge on any atom is -0.422 e. The molecule has 160 valence electrons. The average Bonchev–Trinajstić information content (AvgIpc) is 2.92. The van der Waals surface area contributed by atoms with Crippen LogP contribution in [0.1, 0.15) is 33.6 Å². The minimum atomic E-state index is -5.57.